The summed E-state index contributed by atoms with van der Waals surface area (Å²) in [5, 5.41) is 0. The molecule has 1 rings (SSSR count). The van der Waals surface area contributed by atoms with Gasteiger partial charge in [0.2, 0.25) is 5.91 Å². The highest BCUT2D eigenvalue weighted by atomic mass is 32.2. The van der Waals surface area contributed by atoms with Gasteiger partial charge in [-0.05, 0) is 19.4 Å². The van der Waals surface area contributed by atoms with E-state index in [1.54, 1.807) is 0 Å². The van der Waals surface area contributed by atoms with E-state index in [0.29, 0.717) is 25.9 Å². The number of carbonyl (C=O) groups is 1. The van der Waals surface area contributed by atoms with E-state index >= 15 is 0 Å². The molecule has 0 radical (unpaired) electrons. The second-order valence-electron chi connectivity index (χ2n) is 4.14. The summed E-state index contributed by atoms with van der Waals surface area (Å²) in [4.78, 5) is 12.7. The Labute approximate surface area is 95.9 Å². The van der Waals surface area contributed by atoms with Crippen LogP contribution in [0.1, 0.15) is 12.8 Å². The fourth-order valence-electron chi connectivity index (χ4n) is 1.68. The molecule has 0 aromatic heterocycles. The zero-order chi connectivity index (χ0) is 12.2. The van der Waals surface area contributed by atoms with Gasteiger partial charge in [-0.15, -0.1) is 0 Å². The summed E-state index contributed by atoms with van der Waals surface area (Å²) in [5.41, 5.74) is 10.6. The minimum absolute atomic E-state index is 0.193. The van der Waals surface area contributed by atoms with Gasteiger partial charge in [-0.2, -0.15) is 0 Å². The Morgan fingerprint density at radius 3 is 2.62 bits per heavy atom. The predicted molar refractivity (Wildman–Crippen MR) is 61.5 cm³/mol. The summed E-state index contributed by atoms with van der Waals surface area (Å²) in [5.74, 6) is -0.0630. The van der Waals surface area contributed by atoms with Crippen LogP contribution >= 0.6 is 0 Å². The van der Waals surface area contributed by atoms with E-state index in [-0.39, 0.29) is 11.5 Å². The maximum absolute atomic E-state index is 11.3. The lowest BCUT2D eigenvalue weighted by Crippen LogP contribution is -2.40. The number of primary amides is 1. The Morgan fingerprint density at radius 1 is 1.31 bits per heavy atom. The number of nitrogens with two attached hydrogens (primary N) is 2. The SMILES string of the molecule is NC(=O)C(N)CCN1CCCS(=O)(=O)CC1. The van der Waals surface area contributed by atoms with E-state index in [0.717, 1.165) is 6.54 Å². The van der Waals surface area contributed by atoms with E-state index in [4.69, 9.17) is 11.5 Å². The van der Waals surface area contributed by atoms with Crippen LogP contribution in [0, 0.1) is 0 Å². The van der Waals surface area contributed by atoms with Crippen molar-refractivity contribution in [2.45, 2.75) is 18.9 Å². The molecule has 4 N–H and O–H groups in total. The Balaban J connectivity index is 2.36. The molecule has 1 unspecified atom stereocenters. The van der Waals surface area contributed by atoms with Gasteiger partial charge in [0.25, 0.3) is 0 Å². The average molecular weight is 249 g/mol. The summed E-state index contributed by atoms with van der Waals surface area (Å²) in [7, 11) is -2.87. The summed E-state index contributed by atoms with van der Waals surface area (Å²) in [6.07, 6.45) is 1.13. The molecule has 1 aliphatic heterocycles. The molecule has 1 saturated heterocycles. The maximum atomic E-state index is 11.3. The van der Waals surface area contributed by atoms with Crippen LogP contribution in [0.2, 0.25) is 0 Å². The van der Waals surface area contributed by atoms with Crippen LogP contribution in [0.3, 0.4) is 0 Å². The molecule has 0 aliphatic carbocycles. The third-order valence-electron chi connectivity index (χ3n) is 2.77. The fraction of sp³-hybridized carbons (Fsp3) is 0.889. The van der Waals surface area contributed by atoms with Gasteiger partial charge in [-0.3, -0.25) is 4.79 Å². The first-order chi connectivity index (χ1) is 7.41. The lowest BCUT2D eigenvalue weighted by atomic mass is 10.2. The molecular weight excluding hydrogens is 230 g/mol. The van der Waals surface area contributed by atoms with Crippen LogP contribution in [0.5, 0.6) is 0 Å². The average Bonchev–Trinajstić information content (AvgIpc) is 2.36. The topological polar surface area (TPSA) is 106 Å². The van der Waals surface area contributed by atoms with Crippen molar-refractivity contribution in [3.8, 4) is 0 Å². The molecule has 0 aromatic rings. The third-order valence-corrected chi connectivity index (χ3v) is 4.49. The normalized spacial score (nSPS) is 23.6. The quantitative estimate of drug-likeness (QED) is 0.618. The number of hydrogen-bond donors (Lipinski definition) is 2. The Morgan fingerprint density at radius 2 is 2.00 bits per heavy atom. The molecule has 16 heavy (non-hydrogen) atoms. The highest BCUT2D eigenvalue weighted by Crippen LogP contribution is 2.05. The van der Waals surface area contributed by atoms with Gasteiger partial charge in [0, 0.05) is 13.1 Å². The number of rotatable bonds is 4. The smallest absolute Gasteiger partial charge is 0.234 e. The first-order valence-electron chi connectivity index (χ1n) is 5.38. The highest BCUT2D eigenvalue weighted by molar-refractivity contribution is 7.91. The Hall–Kier alpha value is -0.660. The maximum Gasteiger partial charge on any atom is 0.234 e. The third kappa shape index (κ3) is 4.46. The van der Waals surface area contributed by atoms with E-state index < -0.39 is 21.8 Å². The van der Waals surface area contributed by atoms with Crippen LogP contribution in [0.15, 0.2) is 0 Å². The van der Waals surface area contributed by atoms with Gasteiger partial charge in [0.05, 0.1) is 17.5 Å². The number of hydrogen-bond acceptors (Lipinski definition) is 5. The van der Waals surface area contributed by atoms with Crippen LogP contribution in [-0.2, 0) is 14.6 Å². The van der Waals surface area contributed by atoms with E-state index in [1.165, 1.54) is 0 Å². The number of carbonyl (C=O) groups excluding carboxylic acids is 1. The zero-order valence-corrected chi connectivity index (χ0v) is 10.1. The molecule has 1 amide bonds. The second-order valence-corrected chi connectivity index (χ2v) is 6.45. The molecule has 0 saturated carbocycles. The van der Waals surface area contributed by atoms with Crippen molar-refractivity contribution in [1.29, 1.82) is 0 Å². The molecule has 94 valence electrons. The van der Waals surface area contributed by atoms with E-state index in [9.17, 15) is 13.2 Å². The van der Waals surface area contributed by atoms with Crippen molar-refractivity contribution < 1.29 is 13.2 Å². The van der Waals surface area contributed by atoms with Crippen molar-refractivity contribution in [3.05, 3.63) is 0 Å². The monoisotopic (exact) mass is 249 g/mol. The fourth-order valence-corrected chi connectivity index (χ4v) is 2.99. The summed E-state index contributed by atoms with van der Waals surface area (Å²) < 4.78 is 22.7. The van der Waals surface area contributed by atoms with E-state index in [1.807, 2.05) is 4.90 Å². The van der Waals surface area contributed by atoms with Crippen LogP contribution < -0.4 is 11.5 Å². The predicted octanol–water partition coefficient (Wildman–Crippen LogP) is -1.69. The molecule has 6 nitrogen and oxygen atoms in total. The Kier molecular flexibility index (Phi) is 4.69. The number of nitrogens with zero attached hydrogens (tertiary/aromatic N) is 1. The second kappa shape index (κ2) is 5.60. The Bertz CT molecular complexity index is 342. The molecule has 7 heteroatoms. The molecule has 0 aromatic carbocycles. The molecule has 0 spiro atoms. The van der Waals surface area contributed by atoms with Gasteiger partial charge in [-0.25, -0.2) is 8.42 Å². The molecule has 1 atom stereocenters. The number of amides is 1. The molecule has 1 aliphatic rings. The van der Waals surface area contributed by atoms with Crippen LogP contribution in [0.4, 0.5) is 0 Å². The van der Waals surface area contributed by atoms with E-state index in [2.05, 4.69) is 0 Å². The lowest BCUT2D eigenvalue weighted by Gasteiger charge is -2.20. The van der Waals surface area contributed by atoms with Gasteiger partial charge in [-0.1, -0.05) is 0 Å². The zero-order valence-electron chi connectivity index (χ0n) is 9.26. The van der Waals surface area contributed by atoms with Crippen molar-refractivity contribution in [2.75, 3.05) is 31.1 Å². The van der Waals surface area contributed by atoms with Crippen LogP contribution in [-0.4, -0.2) is 56.4 Å². The molecule has 1 fully saturated rings. The minimum atomic E-state index is -2.87. The summed E-state index contributed by atoms with van der Waals surface area (Å²) >= 11 is 0. The highest BCUT2D eigenvalue weighted by Gasteiger charge is 2.19. The summed E-state index contributed by atoms with van der Waals surface area (Å²) in [6, 6.07) is -0.639. The number of sulfone groups is 1. The first kappa shape index (κ1) is 13.4. The molecule has 0 bridgehead atoms. The van der Waals surface area contributed by atoms with Gasteiger partial charge >= 0.3 is 0 Å². The van der Waals surface area contributed by atoms with Gasteiger partial charge in [0.1, 0.15) is 0 Å². The largest absolute Gasteiger partial charge is 0.368 e. The lowest BCUT2D eigenvalue weighted by molar-refractivity contribution is -0.119. The van der Waals surface area contributed by atoms with Gasteiger partial charge < -0.3 is 16.4 Å². The van der Waals surface area contributed by atoms with Crippen molar-refractivity contribution in [1.82, 2.24) is 4.90 Å². The first-order valence-corrected chi connectivity index (χ1v) is 7.20. The standard InChI is InChI=1S/C9H19N3O3S/c10-8(9(11)13)2-4-12-3-1-6-16(14,15)7-5-12/h8H,1-7,10H2,(H2,11,13). The van der Waals surface area contributed by atoms with Crippen LogP contribution in [0.25, 0.3) is 0 Å². The minimum Gasteiger partial charge on any atom is -0.368 e. The molecule has 1 heterocycles. The van der Waals surface area contributed by atoms with Crippen molar-refractivity contribution in [3.63, 3.8) is 0 Å². The van der Waals surface area contributed by atoms with Gasteiger partial charge in [0.15, 0.2) is 9.84 Å². The van der Waals surface area contributed by atoms with Crippen molar-refractivity contribution >= 4 is 15.7 Å². The molecular formula is C9H19N3O3S. The van der Waals surface area contributed by atoms with Crippen molar-refractivity contribution in [2.24, 2.45) is 11.5 Å². The summed E-state index contributed by atoms with van der Waals surface area (Å²) in [6.45, 7) is 1.89.